The van der Waals surface area contributed by atoms with Crippen LogP contribution in [0.5, 0.6) is 0 Å². The van der Waals surface area contributed by atoms with Crippen LogP contribution in [0.25, 0.3) is 0 Å². The van der Waals surface area contributed by atoms with Crippen molar-refractivity contribution in [1.29, 1.82) is 0 Å². The van der Waals surface area contributed by atoms with Crippen LogP contribution in [0.3, 0.4) is 0 Å². The van der Waals surface area contributed by atoms with Crippen LogP contribution in [-0.2, 0) is 9.31 Å². The van der Waals surface area contributed by atoms with Gasteiger partial charge < -0.3 is 15.0 Å². The molecule has 16 heavy (non-hydrogen) atoms. The normalized spacial score (nSPS) is 24.0. The van der Waals surface area contributed by atoms with E-state index in [-0.39, 0.29) is 30.7 Å². The third-order valence-electron chi connectivity index (χ3n) is 3.56. The first-order chi connectivity index (χ1) is 6.78. The van der Waals surface area contributed by atoms with E-state index in [0.29, 0.717) is 5.92 Å². The zero-order valence-electron chi connectivity index (χ0n) is 11.1. The molecule has 1 unspecified atom stereocenters. The summed E-state index contributed by atoms with van der Waals surface area (Å²) in [6.07, 6.45) is 1.97. The molecular weight excluding hydrogens is 224 g/mol. The molecule has 3 nitrogen and oxygen atoms in total. The molecule has 2 N–H and O–H groups in total. The molecule has 1 aliphatic heterocycles. The van der Waals surface area contributed by atoms with Gasteiger partial charge in [-0.3, -0.25) is 0 Å². The molecule has 1 rings (SSSR count). The summed E-state index contributed by atoms with van der Waals surface area (Å²) in [4.78, 5) is 0. The average molecular weight is 250 g/mol. The fraction of sp³-hybridized carbons (Fsp3) is 1.00. The van der Waals surface area contributed by atoms with Crippen LogP contribution in [0.4, 0.5) is 0 Å². The summed E-state index contributed by atoms with van der Waals surface area (Å²) in [7, 11) is -0.0726. The van der Waals surface area contributed by atoms with Crippen molar-refractivity contribution < 1.29 is 9.31 Å². The first-order valence-electron chi connectivity index (χ1n) is 5.84. The number of nitrogens with two attached hydrogens (primary N) is 1. The first-order valence-corrected chi connectivity index (χ1v) is 5.84. The lowest BCUT2D eigenvalue weighted by molar-refractivity contribution is 0.00578. The molecular formula is C11H25BClNO2. The summed E-state index contributed by atoms with van der Waals surface area (Å²) in [5.41, 5.74) is 5.11. The first kappa shape index (κ1) is 16.2. The van der Waals surface area contributed by atoms with E-state index >= 15 is 0 Å². The van der Waals surface area contributed by atoms with Crippen molar-refractivity contribution in [3.63, 3.8) is 0 Å². The maximum absolute atomic E-state index is 5.92. The van der Waals surface area contributed by atoms with E-state index in [1.807, 2.05) is 0 Å². The van der Waals surface area contributed by atoms with Crippen molar-refractivity contribution in [2.75, 3.05) is 6.54 Å². The van der Waals surface area contributed by atoms with Gasteiger partial charge in [-0.15, -0.1) is 12.4 Å². The summed E-state index contributed by atoms with van der Waals surface area (Å²) in [6.45, 7) is 11.3. The fourth-order valence-electron chi connectivity index (χ4n) is 1.79. The number of hydrogen-bond donors (Lipinski definition) is 1. The van der Waals surface area contributed by atoms with Gasteiger partial charge in [0.1, 0.15) is 0 Å². The summed E-state index contributed by atoms with van der Waals surface area (Å²) >= 11 is 0. The maximum atomic E-state index is 5.92. The Morgan fingerprint density at radius 2 is 1.56 bits per heavy atom. The van der Waals surface area contributed by atoms with Gasteiger partial charge in [0.15, 0.2) is 0 Å². The van der Waals surface area contributed by atoms with Gasteiger partial charge in [0.25, 0.3) is 0 Å². The highest BCUT2D eigenvalue weighted by atomic mass is 35.5. The molecule has 0 spiro atoms. The second kappa shape index (κ2) is 5.72. The van der Waals surface area contributed by atoms with Gasteiger partial charge in [0.2, 0.25) is 0 Å². The molecule has 0 aromatic carbocycles. The van der Waals surface area contributed by atoms with Crippen LogP contribution in [0.15, 0.2) is 0 Å². The fourth-order valence-corrected chi connectivity index (χ4v) is 1.79. The Morgan fingerprint density at radius 1 is 1.12 bits per heavy atom. The van der Waals surface area contributed by atoms with Crippen molar-refractivity contribution >= 4 is 19.5 Å². The third kappa shape index (κ3) is 3.62. The molecule has 1 aliphatic rings. The topological polar surface area (TPSA) is 44.5 Å². The van der Waals surface area contributed by atoms with E-state index in [1.54, 1.807) is 0 Å². The number of halogens is 1. The molecule has 5 heteroatoms. The Morgan fingerprint density at radius 3 is 1.94 bits per heavy atom. The zero-order chi connectivity index (χ0) is 11.7. The standard InChI is InChI=1S/C11H24BNO2.ClH/c1-9(6-7-13)8-12-14-10(2,3)11(4,5)15-12;/h9H,6-8,13H2,1-5H3;1H. The van der Waals surface area contributed by atoms with Gasteiger partial charge >= 0.3 is 7.12 Å². The van der Waals surface area contributed by atoms with E-state index in [2.05, 4.69) is 34.6 Å². The SMILES string of the molecule is CC(CCN)CB1OC(C)(C)C(C)(C)O1.Cl. The Kier molecular flexibility index (Phi) is 5.80. The predicted molar refractivity (Wildman–Crippen MR) is 71.0 cm³/mol. The summed E-state index contributed by atoms with van der Waals surface area (Å²) in [5, 5.41) is 0. The largest absolute Gasteiger partial charge is 0.458 e. The highest BCUT2D eigenvalue weighted by Gasteiger charge is 2.50. The molecule has 0 saturated carbocycles. The molecule has 0 bridgehead atoms. The molecule has 0 aliphatic carbocycles. The molecule has 1 heterocycles. The second-order valence-corrected chi connectivity index (χ2v) is 5.60. The Labute approximate surface area is 106 Å². The minimum absolute atomic E-state index is 0. The zero-order valence-corrected chi connectivity index (χ0v) is 11.9. The van der Waals surface area contributed by atoms with Crippen LogP contribution in [0.1, 0.15) is 41.0 Å². The van der Waals surface area contributed by atoms with Crippen molar-refractivity contribution in [3.8, 4) is 0 Å². The van der Waals surface area contributed by atoms with E-state index in [9.17, 15) is 0 Å². The van der Waals surface area contributed by atoms with Gasteiger partial charge in [0.05, 0.1) is 11.2 Å². The number of hydrogen-bond acceptors (Lipinski definition) is 3. The summed E-state index contributed by atoms with van der Waals surface area (Å²) < 4.78 is 11.8. The van der Waals surface area contributed by atoms with E-state index in [4.69, 9.17) is 15.0 Å². The van der Waals surface area contributed by atoms with Gasteiger partial charge in [-0.1, -0.05) is 6.92 Å². The number of rotatable bonds is 4. The molecule has 1 fully saturated rings. The molecule has 0 amide bonds. The van der Waals surface area contributed by atoms with E-state index in [1.165, 1.54) is 0 Å². The second-order valence-electron chi connectivity index (χ2n) is 5.60. The molecule has 0 radical (unpaired) electrons. The van der Waals surface area contributed by atoms with Crippen molar-refractivity contribution in [2.24, 2.45) is 11.7 Å². The van der Waals surface area contributed by atoms with Crippen LogP contribution in [0, 0.1) is 5.92 Å². The van der Waals surface area contributed by atoms with Crippen LogP contribution in [-0.4, -0.2) is 24.9 Å². The van der Waals surface area contributed by atoms with Crippen LogP contribution in [0.2, 0.25) is 6.32 Å². The molecule has 96 valence electrons. The quantitative estimate of drug-likeness (QED) is 0.779. The Hall–Kier alpha value is 0.235. The monoisotopic (exact) mass is 249 g/mol. The van der Waals surface area contributed by atoms with Gasteiger partial charge in [-0.25, -0.2) is 0 Å². The molecule has 1 saturated heterocycles. The van der Waals surface area contributed by atoms with Gasteiger partial charge in [-0.2, -0.15) is 0 Å². The minimum Gasteiger partial charge on any atom is -0.403 e. The molecule has 0 aromatic heterocycles. The average Bonchev–Trinajstić information content (AvgIpc) is 2.19. The van der Waals surface area contributed by atoms with Crippen molar-refractivity contribution in [2.45, 2.75) is 58.6 Å². The van der Waals surface area contributed by atoms with Crippen LogP contribution < -0.4 is 5.73 Å². The smallest absolute Gasteiger partial charge is 0.403 e. The van der Waals surface area contributed by atoms with Gasteiger partial charge in [-0.05, 0) is 52.9 Å². The molecule has 1 atom stereocenters. The van der Waals surface area contributed by atoms with E-state index < -0.39 is 0 Å². The lowest BCUT2D eigenvalue weighted by Gasteiger charge is -2.32. The third-order valence-corrected chi connectivity index (χ3v) is 3.56. The highest BCUT2D eigenvalue weighted by molar-refractivity contribution is 6.45. The predicted octanol–water partition coefficient (Wildman–Crippen LogP) is 2.49. The summed E-state index contributed by atoms with van der Waals surface area (Å²) in [6, 6.07) is 0. The molecule has 0 aromatic rings. The summed E-state index contributed by atoms with van der Waals surface area (Å²) in [5.74, 6) is 0.560. The van der Waals surface area contributed by atoms with Crippen molar-refractivity contribution in [3.05, 3.63) is 0 Å². The van der Waals surface area contributed by atoms with Crippen molar-refractivity contribution in [1.82, 2.24) is 0 Å². The van der Waals surface area contributed by atoms with E-state index in [0.717, 1.165) is 19.3 Å². The van der Waals surface area contributed by atoms with Crippen LogP contribution >= 0.6 is 12.4 Å². The lowest BCUT2D eigenvalue weighted by Crippen LogP contribution is -2.41. The highest BCUT2D eigenvalue weighted by Crippen LogP contribution is 2.38. The Bertz CT molecular complexity index is 208. The maximum Gasteiger partial charge on any atom is 0.458 e. The Balaban J connectivity index is 0.00000225. The lowest BCUT2D eigenvalue weighted by atomic mass is 9.77. The minimum atomic E-state index is -0.208. The van der Waals surface area contributed by atoms with Gasteiger partial charge in [0, 0.05) is 0 Å².